The first-order valence-electron chi connectivity index (χ1n) is 9.82. The minimum atomic E-state index is -3.77. The number of hydrogen-bond donors (Lipinski definition) is 1. The van der Waals surface area contributed by atoms with Crippen LogP contribution in [0.1, 0.15) is 15.9 Å². The quantitative estimate of drug-likeness (QED) is 0.448. The molecule has 10 heteroatoms. The standard InChI is InChI=1S/C23H21ClF2N2O4S/c1-33(30,31)28(18-10-11-20(25)21(26)14-18)15-16-6-8-17(9-7-16)23(29)27-12-13-32-22-5-3-2-4-19(22)24/h2-11,14H,12-13,15H2,1H3,(H,27,29). The van der Waals surface area contributed by atoms with Crippen LogP contribution in [0.3, 0.4) is 0 Å². The summed E-state index contributed by atoms with van der Waals surface area (Å²) in [6.45, 7) is 0.367. The third kappa shape index (κ3) is 6.66. The van der Waals surface area contributed by atoms with E-state index < -0.39 is 21.7 Å². The molecule has 6 nitrogen and oxygen atoms in total. The second kappa shape index (κ2) is 10.6. The number of carbonyl (C=O) groups excluding carboxylic acids is 1. The Morgan fingerprint density at radius 3 is 2.36 bits per heavy atom. The Hall–Kier alpha value is -3.17. The van der Waals surface area contributed by atoms with Gasteiger partial charge in [0.15, 0.2) is 11.6 Å². The molecule has 0 saturated heterocycles. The smallest absolute Gasteiger partial charge is 0.251 e. The number of amides is 1. The molecule has 0 atom stereocenters. The zero-order chi connectivity index (χ0) is 24.0. The van der Waals surface area contributed by atoms with Gasteiger partial charge in [-0.1, -0.05) is 35.9 Å². The first-order chi connectivity index (χ1) is 15.6. The van der Waals surface area contributed by atoms with Crippen LogP contribution in [-0.4, -0.2) is 33.7 Å². The number of carbonyl (C=O) groups is 1. The van der Waals surface area contributed by atoms with Crippen molar-refractivity contribution < 1.29 is 26.7 Å². The van der Waals surface area contributed by atoms with Gasteiger partial charge >= 0.3 is 0 Å². The molecular weight excluding hydrogens is 474 g/mol. The summed E-state index contributed by atoms with van der Waals surface area (Å²) in [4.78, 5) is 12.3. The summed E-state index contributed by atoms with van der Waals surface area (Å²) >= 11 is 6.01. The molecule has 0 radical (unpaired) electrons. The van der Waals surface area contributed by atoms with Gasteiger partial charge in [-0.25, -0.2) is 17.2 Å². The highest BCUT2D eigenvalue weighted by atomic mass is 35.5. The number of anilines is 1. The van der Waals surface area contributed by atoms with Crippen LogP contribution in [0.5, 0.6) is 5.75 Å². The molecule has 0 heterocycles. The highest BCUT2D eigenvalue weighted by molar-refractivity contribution is 7.92. The Bertz CT molecular complexity index is 1240. The number of nitrogens with zero attached hydrogens (tertiary/aromatic N) is 1. The molecule has 0 unspecified atom stereocenters. The van der Waals surface area contributed by atoms with E-state index >= 15 is 0 Å². The number of nitrogens with one attached hydrogen (secondary N) is 1. The molecule has 3 aromatic rings. The van der Waals surface area contributed by atoms with Crippen molar-refractivity contribution in [1.82, 2.24) is 5.32 Å². The minimum absolute atomic E-state index is 0.00302. The van der Waals surface area contributed by atoms with Crippen molar-refractivity contribution in [2.75, 3.05) is 23.7 Å². The zero-order valence-electron chi connectivity index (χ0n) is 17.6. The van der Waals surface area contributed by atoms with Gasteiger partial charge in [-0.3, -0.25) is 9.10 Å². The van der Waals surface area contributed by atoms with Gasteiger partial charge in [-0.2, -0.15) is 0 Å². The van der Waals surface area contributed by atoms with Crippen LogP contribution in [0.15, 0.2) is 66.7 Å². The molecule has 0 fully saturated rings. The molecule has 0 aliphatic heterocycles. The van der Waals surface area contributed by atoms with E-state index in [1.807, 2.05) is 0 Å². The van der Waals surface area contributed by atoms with Crippen molar-refractivity contribution in [3.8, 4) is 5.75 Å². The molecule has 0 aromatic heterocycles. The SMILES string of the molecule is CS(=O)(=O)N(Cc1ccc(C(=O)NCCOc2ccccc2Cl)cc1)c1ccc(F)c(F)c1. The maximum Gasteiger partial charge on any atom is 0.251 e. The summed E-state index contributed by atoms with van der Waals surface area (Å²) in [5.41, 5.74) is 0.927. The molecule has 0 saturated carbocycles. The average Bonchev–Trinajstić information content (AvgIpc) is 2.77. The number of hydrogen-bond acceptors (Lipinski definition) is 4. The molecule has 0 spiro atoms. The van der Waals surface area contributed by atoms with Gasteiger partial charge < -0.3 is 10.1 Å². The van der Waals surface area contributed by atoms with Gasteiger partial charge in [0.1, 0.15) is 12.4 Å². The Kier molecular flexibility index (Phi) is 7.88. The van der Waals surface area contributed by atoms with Crippen molar-refractivity contribution in [2.45, 2.75) is 6.54 Å². The van der Waals surface area contributed by atoms with Crippen molar-refractivity contribution in [3.05, 3.63) is 94.5 Å². The van der Waals surface area contributed by atoms with Crippen LogP contribution in [0.25, 0.3) is 0 Å². The fraction of sp³-hybridized carbons (Fsp3) is 0.174. The predicted octanol–water partition coefficient (Wildman–Crippen LogP) is 4.39. The van der Waals surface area contributed by atoms with Crippen LogP contribution >= 0.6 is 11.6 Å². The topological polar surface area (TPSA) is 75.7 Å². The van der Waals surface area contributed by atoms with E-state index in [2.05, 4.69) is 5.32 Å². The van der Waals surface area contributed by atoms with Crippen LogP contribution in [-0.2, 0) is 16.6 Å². The van der Waals surface area contributed by atoms with Gasteiger partial charge in [-0.15, -0.1) is 0 Å². The van der Waals surface area contributed by atoms with Crippen LogP contribution in [0.2, 0.25) is 5.02 Å². The summed E-state index contributed by atoms with van der Waals surface area (Å²) in [5.74, 6) is -2.02. The lowest BCUT2D eigenvalue weighted by Gasteiger charge is -2.22. The molecule has 3 rings (SSSR count). The zero-order valence-corrected chi connectivity index (χ0v) is 19.2. The Labute approximate surface area is 195 Å². The number of para-hydroxylation sites is 1. The molecule has 0 bridgehead atoms. The van der Waals surface area contributed by atoms with E-state index in [0.29, 0.717) is 21.9 Å². The monoisotopic (exact) mass is 494 g/mol. The Morgan fingerprint density at radius 1 is 1.03 bits per heavy atom. The maximum atomic E-state index is 13.6. The Morgan fingerprint density at radius 2 is 1.73 bits per heavy atom. The van der Waals surface area contributed by atoms with Crippen molar-refractivity contribution >= 4 is 33.2 Å². The maximum absolute atomic E-state index is 13.6. The van der Waals surface area contributed by atoms with E-state index in [-0.39, 0.29) is 31.3 Å². The van der Waals surface area contributed by atoms with Gasteiger partial charge in [0, 0.05) is 11.6 Å². The molecule has 3 aromatic carbocycles. The number of ether oxygens (including phenoxy) is 1. The molecule has 1 amide bonds. The average molecular weight is 495 g/mol. The highest BCUT2D eigenvalue weighted by Crippen LogP contribution is 2.24. The first kappa shape index (κ1) is 24.5. The second-order valence-corrected chi connectivity index (χ2v) is 9.41. The molecular formula is C23H21ClF2N2O4S. The fourth-order valence-electron chi connectivity index (χ4n) is 2.96. The van der Waals surface area contributed by atoms with Gasteiger partial charge in [0.05, 0.1) is 30.1 Å². The highest BCUT2D eigenvalue weighted by Gasteiger charge is 2.19. The number of sulfonamides is 1. The second-order valence-electron chi connectivity index (χ2n) is 7.10. The third-order valence-electron chi connectivity index (χ3n) is 4.62. The number of rotatable bonds is 9. The van der Waals surface area contributed by atoms with Crippen LogP contribution in [0, 0.1) is 11.6 Å². The van der Waals surface area contributed by atoms with Gasteiger partial charge in [-0.05, 0) is 42.0 Å². The summed E-state index contributed by atoms with van der Waals surface area (Å²) in [6.07, 6.45) is 0.973. The van der Waals surface area contributed by atoms with Crippen LogP contribution in [0.4, 0.5) is 14.5 Å². The minimum Gasteiger partial charge on any atom is -0.490 e. The molecule has 1 N–H and O–H groups in total. The first-order valence-corrected chi connectivity index (χ1v) is 12.0. The number of benzene rings is 3. The molecule has 0 aliphatic carbocycles. The largest absolute Gasteiger partial charge is 0.490 e. The third-order valence-corrected chi connectivity index (χ3v) is 6.07. The van der Waals surface area contributed by atoms with Crippen LogP contribution < -0.4 is 14.4 Å². The summed E-state index contributed by atoms with van der Waals surface area (Å²) < 4.78 is 57.7. The summed E-state index contributed by atoms with van der Waals surface area (Å²) in [5, 5.41) is 3.20. The van der Waals surface area contributed by atoms with E-state index in [1.54, 1.807) is 48.5 Å². The van der Waals surface area contributed by atoms with Crippen molar-refractivity contribution in [3.63, 3.8) is 0 Å². The molecule has 0 aliphatic rings. The van der Waals surface area contributed by atoms with Crippen molar-refractivity contribution in [2.24, 2.45) is 0 Å². The van der Waals surface area contributed by atoms with E-state index in [9.17, 15) is 22.0 Å². The van der Waals surface area contributed by atoms with Gasteiger partial charge in [0.2, 0.25) is 10.0 Å². The predicted molar refractivity (Wildman–Crippen MR) is 123 cm³/mol. The lowest BCUT2D eigenvalue weighted by Crippen LogP contribution is -2.30. The van der Waals surface area contributed by atoms with Gasteiger partial charge in [0.25, 0.3) is 5.91 Å². The molecule has 33 heavy (non-hydrogen) atoms. The van der Waals surface area contributed by atoms with E-state index in [4.69, 9.17) is 16.3 Å². The van der Waals surface area contributed by atoms with Crippen molar-refractivity contribution in [1.29, 1.82) is 0 Å². The lowest BCUT2D eigenvalue weighted by atomic mass is 10.1. The summed E-state index contributed by atoms with van der Waals surface area (Å²) in [6, 6.07) is 16.2. The Balaban J connectivity index is 1.60. The fourth-order valence-corrected chi connectivity index (χ4v) is 4.03. The lowest BCUT2D eigenvalue weighted by molar-refractivity contribution is 0.0947. The molecule has 174 valence electrons. The number of halogens is 3. The summed E-state index contributed by atoms with van der Waals surface area (Å²) in [7, 11) is -3.77. The van der Waals surface area contributed by atoms with E-state index in [1.165, 1.54) is 6.07 Å². The van der Waals surface area contributed by atoms with E-state index in [0.717, 1.165) is 22.7 Å². The normalized spacial score (nSPS) is 11.2.